The van der Waals surface area contributed by atoms with E-state index in [1.165, 1.54) is 0 Å². The van der Waals surface area contributed by atoms with E-state index in [2.05, 4.69) is 36.2 Å². The van der Waals surface area contributed by atoms with Crippen LogP contribution in [0.2, 0.25) is 0 Å². The van der Waals surface area contributed by atoms with Crippen molar-refractivity contribution in [1.82, 2.24) is 15.5 Å². The molecule has 0 radical (unpaired) electrons. The van der Waals surface area contributed by atoms with E-state index < -0.39 is 5.60 Å². The van der Waals surface area contributed by atoms with Gasteiger partial charge in [-0.3, -0.25) is 0 Å². The average Bonchev–Trinajstić information content (AvgIpc) is 2.91. The van der Waals surface area contributed by atoms with Crippen molar-refractivity contribution in [2.45, 2.75) is 65.0 Å². The Morgan fingerprint density at radius 3 is 2.42 bits per heavy atom. The molecule has 1 unspecified atom stereocenters. The summed E-state index contributed by atoms with van der Waals surface area (Å²) in [5, 5.41) is 7.37. The number of hydrogen-bond donors (Lipinski definition) is 1. The molecule has 1 rings (SSSR count). The zero-order valence-electron chi connectivity index (χ0n) is 12.8. The molecule has 5 heteroatoms. The third-order valence-corrected chi connectivity index (χ3v) is 3.76. The second kappa shape index (κ2) is 7.60. The Morgan fingerprint density at radius 2 is 1.95 bits per heavy atom. The summed E-state index contributed by atoms with van der Waals surface area (Å²) in [5.74, 6) is 1.36. The molecule has 0 aromatic carbocycles. The van der Waals surface area contributed by atoms with Gasteiger partial charge in [0.1, 0.15) is 5.60 Å². The smallest absolute Gasteiger partial charge is 0.228 e. The summed E-state index contributed by atoms with van der Waals surface area (Å²) in [7, 11) is 1.95. The molecule has 0 amide bonds. The summed E-state index contributed by atoms with van der Waals surface area (Å²) in [6.45, 7) is 8.98. The number of nitrogens with one attached hydrogen (secondary N) is 1. The molecule has 1 heterocycles. The Labute approximate surface area is 116 Å². The monoisotopic (exact) mass is 269 g/mol. The van der Waals surface area contributed by atoms with Crippen LogP contribution in [0.3, 0.4) is 0 Å². The minimum Gasteiger partial charge on any atom is -0.367 e. The highest BCUT2D eigenvalue weighted by Crippen LogP contribution is 2.30. The average molecular weight is 269 g/mol. The Bertz CT molecular complexity index is 357. The van der Waals surface area contributed by atoms with Crippen LogP contribution in [-0.4, -0.2) is 29.8 Å². The van der Waals surface area contributed by atoms with Gasteiger partial charge >= 0.3 is 0 Å². The van der Waals surface area contributed by atoms with E-state index in [-0.39, 0.29) is 0 Å². The third-order valence-electron chi connectivity index (χ3n) is 3.76. The maximum atomic E-state index is 5.88. The molecule has 0 saturated heterocycles. The SMILES string of the molecule is CCOC(CC)(CC)c1noc(CC(CC)NC)n1. The Balaban J connectivity index is 2.86. The van der Waals surface area contributed by atoms with E-state index >= 15 is 0 Å². The van der Waals surface area contributed by atoms with Crippen LogP contribution in [0.5, 0.6) is 0 Å². The summed E-state index contributed by atoms with van der Waals surface area (Å²) in [6.07, 6.45) is 3.49. The summed E-state index contributed by atoms with van der Waals surface area (Å²) in [4.78, 5) is 4.54. The fourth-order valence-corrected chi connectivity index (χ4v) is 2.30. The first-order valence-electron chi connectivity index (χ1n) is 7.29. The fraction of sp³-hybridized carbons (Fsp3) is 0.857. The first-order chi connectivity index (χ1) is 9.15. The van der Waals surface area contributed by atoms with Crippen molar-refractivity contribution in [2.75, 3.05) is 13.7 Å². The second-order valence-corrected chi connectivity index (χ2v) is 4.74. The largest absolute Gasteiger partial charge is 0.367 e. The van der Waals surface area contributed by atoms with Crippen LogP contribution in [0.1, 0.15) is 58.7 Å². The van der Waals surface area contributed by atoms with Crippen LogP contribution in [0, 0.1) is 0 Å². The van der Waals surface area contributed by atoms with Gasteiger partial charge in [0, 0.05) is 19.1 Å². The van der Waals surface area contributed by atoms with E-state index in [9.17, 15) is 0 Å². The van der Waals surface area contributed by atoms with Crippen molar-refractivity contribution < 1.29 is 9.26 Å². The van der Waals surface area contributed by atoms with Gasteiger partial charge in [-0.05, 0) is 33.2 Å². The standard InChI is InChI=1S/C14H27N3O2/c1-6-11(15-5)10-12-16-13(17-19-12)14(7-2,8-3)18-9-4/h11,15H,6-10H2,1-5H3. The van der Waals surface area contributed by atoms with Gasteiger partial charge in [0.05, 0.1) is 0 Å². The lowest BCUT2D eigenvalue weighted by Gasteiger charge is -2.27. The van der Waals surface area contributed by atoms with Gasteiger partial charge in [-0.15, -0.1) is 0 Å². The van der Waals surface area contributed by atoms with Gasteiger partial charge in [-0.1, -0.05) is 25.9 Å². The Hall–Kier alpha value is -0.940. The van der Waals surface area contributed by atoms with Gasteiger partial charge in [-0.2, -0.15) is 4.98 Å². The van der Waals surface area contributed by atoms with Crippen LogP contribution in [-0.2, 0) is 16.8 Å². The third kappa shape index (κ3) is 3.76. The number of likely N-dealkylation sites (N-methyl/N-ethyl adjacent to an activating group) is 1. The highest BCUT2D eigenvalue weighted by Gasteiger charge is 2.34. The molecule has 19 heavy (non-hydrogen) atoms. The first kappa shape index (κ1) is 16.1. The van der Waals surface area contributed by atoms with E-state index in [4.69, 9.17) is 9.26 Å². The molecule has 1 aromatic heterocycles. The predicted octanol–water partition coefficient (Wildman–Crippen LogP) is 2.66. The first-order valence-corrected chi connectivity index (χ1v) is 7.29. The topological polar surface area (TPSA) is 60.2 Å². The van der Waals surface area contributed by atoms with Gasteiger partial charge < -0.3 is 14.6 Å². The van der Waals surface area contributed by atoms with Crippen molar-refractivity contribution in [1.29, 1.82) is 0 Å². The Kier molecular flexibility index (Phi) is 6.45. The second-order valence-electron chi connectivity index (χ2n) is 4.74. The lowest BCUT2D eigenvalue weighted by molar-refractivity contribution is -0.0583. The maximum absolute atomic E-state index is 5.88. The van der Waals surface area contributed by atoms with E-state index in [0.717, 1.165) is 25.7 Å². The van der Waals surface area contributed by atoms with Crippen LogP contribution >= 0.6 is 0 Å². The lowest BCUT2D eigenvalue weighted by atomic mass is 9.96. The minimum absolute atomic E-state index is 0.373. The van der Waals surface area contributed by atoms with Gasteiger partial charge in [0.2, 0.25) is 11.7 Å². The number of aromatic nitrogens is 2. The van der Waals surface area contributed by atoms with Crippen LogP contribution < -0.4 is 5.32 Å². The highest BCUT2D eigenvalue weighted by molar-refractivity contribution is 5.01. The molecular weight excluding hydrogens is 242 g/mol. The van der Waals surface area contributed by atoms with Crippen LogP contribution in [0.4, 0.5) is 0 Å². The number of rotatable bonds is 9. The molecule has 0 aliphatic rings. The zero-order chi connectivity index (χ0) is 14.3. The van der Waals surface area contributed by atoms with Gasteiger partial charge in [0.25, 0.3) is 0 Å². The molecule has 0 fully saturated rings. The number of nitrogens with zero attached hydrogens (tertiary/aromatic N) is 2. The molecule has 5 nitrogen and oxygen atoms in total. The summed E-state index contributed by atoms with van der Waals surface area (Å²) < 4.78 is 11.3. The molecule has 110 valence electrons. The fourth-order valence-electron chi connectivity index (χ4n) is 2.30. The molecule has 0 spiro atoms. The molecule has 0 aliphatic heterocycles. The van der Waals surface area contributed by atoms with Crippen LogP contribution in [0.25, 0.3) is 0 Å². The van der Waals surface area contributed by atoms with Gasteiger partial charge in [0.15, 0.2) is 0 Å². The quantitative estimate of drug-likeness (QED) is 0.747. The van der Waals surface area contributed by atoms with Crippen molar-refractivity contribution in [3.63, 3.8) is 0 Å². The normalized spacial score (nSPS) is 13.7. The number of ether oxygens (including phenoxy) is 1. The molecule has 0 bridgehead atoms. The summed E-state index contributed by atoms with van der Waals surface area (Å²) in [6, 6.07) is 0.373. The van der Waals surface area contributed by atoms with Crippen molar-refractivity contribution >= 4 is 0 Å². The zero-order valence-corrected chi connectivity index (χ0v) is 12.8. The van der Waals surface area contributed by atoms with Crippen molar-refractivity contribution in [2.24, 2.45) is 0 Å². The molecular formula is C14H27N3O2. The molecule has 0 aliphatic carbocycles. The summed E-state index contributed by atoms with van der Waals surface area (Å²) >= 11 is 0. The van der Waals surface area contributed by atoms with Crippen LogP contribution in [0.15, 0.2) is 4.52 Å². The highest BCUT2D eigenvalue weighted by atomic mass is 16.5. The van der Waals surface area contributed by atoms with E-state index in [1.54, 1.807) is 0 Å². The van der Waals surface area contributed by atoms with Crippen molar-refractivity contribution in [3.05, 3.63) is 11.7 Å². The van der Waals surface area contributed by atoms with Crippen molar-refractivity contribution in [3.8, 4) is 0 Å². The minimum atomic E-state index is -0.405. The molecule has 1 N–H and O–H groups in total. The number of hydrogen-bond acceptors (Lipinski definition) is 5. The maximum Gasteiger partial charge on any atom is 0.228 e. The molecule has 0 saturated carbocycles. The van der Waals surface area contributed by atoms with Gasteiger partial charge in [-0.25, -0.2) is 0 Å². The van der Waals surface area contributed by atoms with E-state index in [1.807, 2.05) is 14.0 Å². The Morgan fingerprint density at radius 1 is 1.26 bits per heavy atom. The summed E-state index contributed by atoms with van der Waals surface area (Å²) in [5.41, 5.74) is -0.405. The lowest BCUT2D eigenvalue weighted by Crippen LogP contribution is -2.30. The predicted molar refractivity (Wildman–Crippen MR) is 75.0 cm³/mol. The van der Waals surface area contributed by atoms with E-state index in [0.29, 0.717) is 24.4 Å². The molecule has 1 aromatic rings. The molecule has 1 atom stereocenters.